The normalized spacial score (nSPS) is 11.9. The Labute approximate surface area is 122 Å². The third kappa shape index (κ3) is 3.96. The van der Waals surface area contributed by atoms with E-state index in [1.165, 1.54) is 0 Å². The molecule has 1 aromatic rings. The molecule has 0 aliphatic heterocycles. The number of aryl methyl sites for hydroxylation is 2. The highest BCUT2D eigenvalue weighted by atomic mass is 32.2. The summed E-state index contributed by atoms with van der Waals surface area (Å²) in [4.78, 5) is 0.365. The highest BCUT2D eigenvalue weighted by Gasteiger charge is 2.21. The number of sulfonamides is 1. The van der Waals surface area contributed by atoms with Gasteiger partial charge in [0.05, 0.1) is 12.0 Å². The maximum Gasteiger partial charge on any atom is 0.241 e. The lowest BCUT2D eigenvalue weighted by Crippen LogP contribution is -2.30. The lowest BCUT2D eigenvalue weighted by atomic mass is 10.0. The number of nitrogens with one attached hydrogen (secondary N) is 1. The van der Waals surface area contributed by atoms with E-state index in [0.29, 0.717) is 34.2 Å². The van der Waals surface area contributed by atoms with Crippen molar-refractivity contribution >= 4 is 10.0 Å². The van der Waals surface area contributed by atoms with Gasteiger partial charge < -0.3 is 4.74 Å². The molecule has 0 unspecified atom stereocenters. The molecule has 0 aliphatic rings. The highest BCUT2D eigenvalue weighted by Crippen LogP contribution is 2.25. The van der Waals surface area contributed by atoms with Crippen molar-refractivity contribution in [1.29, 1.82) is 0 Å². The van der Waals surface area contributed by atoms with Crippen LogP contribution in [0.25, 0.3) is 0 Å². The van der Waals surface area contributed by atoms with Crippen molar-refractivity contribution in [2.75, 3.05) is 13.7 Å². The van der Waals surface area contributed by atoms with Gasteiger partial charge in [0.2, 0.25) is 10.0 Å². The van der Waals surface area contributed by atoms with Crippen LogP contribution in [0.3, 0.4) is 0 Å². The molecule has 0 amide bonds. The summed E-state index contributed by atoms with van der Waals surface area (Å²) in [5.74, 6) is 1.06. The minimum absolute atomic E-state index is 0.365. The second-order valence-electron chi connectivity index (χ2n) is 5.12. The molecule has 0 fully saturated rings. The van der Waals surface area contributed by atoms with Gasteiger partial charge in [0.25, 0.3) is 0 Å². The van der Waals surface area contributed by atoms with E-state index in [2.05, 4.69) is 18.6 Å². The first-order valence-corrected chi connectivity index (χ1v) is 8.48. The van der Waals surface area contributed by atoms with Crippen LogP contribution >= 0.6 is 0 Å². The van der Waals surface area contributed by atoms with E-state index >= 15 is 0 Å². The molecule has 0 heterocycles. The van der Waals surface area contributed by atoms with Gasteiger partial charge in [-0.3, -0.25) is 0 Å². The van der Waals surface area contributed by atoms with Crippen molar-refractivity contribution in [3.8, 4) is 5.75 Å². The van der Waals surface area contributed by atoms with Crippen LogP contribution in [-0.2, 0) is 10.0 Å². The first kappa shape index (κ1) is 17.0. The molecule has 0 bridgehead atoms. The molecule has 0 saturated carbocycles. The Hall–Kier alpha value is -1.07. The van der Waals surface area contributed by atoms with E-state index in [4.69, 9.17) is 4.74 Å². The predicted octanol–water partition coefficient (Wildman–Crippen LogP) is 3.03. The zero-order chi connectivity index (χ0) is 15.3. The fraction of sp³-hybridized carbons (Fsp3) is 0.600. The summed E-state index contributed by atoms with van der Waals surface area (Å²) in [6.45, 7) is 8.22. The molecule has 20 heavy (non-hydrogen) atoms. The van der Waals surface area contributed by atoms with Gasteiger partial charge in [-0.05, 0) is 43.0 Å². The van der Waals surface area contributed by atoms with Crippen molar-refractivity contribution in [1.82, 2.24) is 4.72 Å². The molecule has 1 N–H and O–H groups in total. The molecule has 4 nitrogen and oxygen atoms in total. The Morgan fingerprint density at radius 2 is 1.65 bits per heavy atom. The number of methoxy groups -OCH3 is 1. The second kappa shape index (κ2) is 7.09. The molecule has 5 heteroatoms. The number of hydrogen-bond acceptors (Lipinski definition) is 3. The van der Waals surface area contributed by atoms with Crippen LogP contribution in [0, 0.1) is 19.8 Å². The monoisotopic (exact) mass is 299 g/mol. The van der Waals surface area contributed by atoms with E-state index in [0.717, 1.165) is 12.8 Å². The van der Waals surface area contributed by atoms with Gasteiger partial charge in [0.15, 0.2) is 0 Å². The quantitative estimate of drug-likeness (QED) is 0.842. The molecule has 114 valence electrons. The van der Waals surface area contributed by atoms with Crippen LogP contribution in [0.4, 0.5) is 0 Å². The molecular formula is C15H25NO3S. The predicted molar refractivity (Wildman–Crippen MR) is 81.7 cm³/mol. The third-order valence-corrected chi connectivity index (χ3v) is 5.38. The van der Waals surface area contributed by atoms with Crippen molar-refractivity contribution in [2.24, 2.45) is 5.92 Å². The topological polar surface area (TPSA) is 55.4 Å². The average Bonchev–Trinajstić information content (AvgIpc) is 2.38. The molecule has 0 radical (unpaired) electrons. The number of hydrogen-bond donors (Lipinski definition) is 1. The second-order valence-corrected chi connectivity index (χ2v) is 6.83. The van der Waals surface area contributed by atoms with Crippen molar-refractivity contribution in [2.45, 2.75) is 45.4 Å². The summed E-state index contributed by atoms with van der Waals surface area (Å²) in [7, 11) is -1.89. The Balaban J connectivity index is 3.04. The fourth-order valence-corrected chi connectivity index (χ4v) is 3.89. The maximum absolute atomic E-state index is 12.5. The van der Waals surface area contributed by atoms with Crippen molar-refractivity contribution in [3.05, 3.63) is 23.3 Å². The highest BCUT2D eigenvalue weighted by molar-refractivity contribution is 7.89. The largest absolute Gasteiger partial charge is 0.497 e. The molecule has 0 aliphatic carbocycles. The molecule has 1 aromatic carbocycles. The van der Waals surface area contributed by atoms with Gasteiger partial charge in [0.1, 0.15) is 5.75 Å². The first-order chi connectivity index (χ1) is 9.35. The van der Waals surface area contributed by atoms with Gasteiger partial charge in [-0.1, -0.05) is 26.7 Å². The number of ether oxygens (including phenoxy) is 1. The van der Waals surface area contributed by atoms with Gasteiger partial charge >= 0.3 is 0 Å². The molecule has 0 aromatic heterocycles. The van der Waals surface area contributed by atoms with Gasteiger partial charge in [-0.2, -0.15) is 0 Å². The van der Waals surface area contributed by atoms with Gasteiger partial charge in [0, 0.05) is 6.54 Å². The minimum Gasteiger partial charge on any atom is -0.497 e. The molecule has 1 rings (SSSR count). The van der Waals surface area contributed by atoms with E-state index in [9.17, 15) is 8.42 Å². The van der Waals surface area contributed by atoms with Crippen LogP contribution in [0.5, 0.6) is 5.75 Å². The smallest absolute Gasteiger partial charge is 0.241 e. The fourth-order valence-electron chi connectivity index (χ4n) is 2.33. The average molecular weight is 299 g/mol. The molecular weight excluding hydrogens is 274 g/mol. The SMILES string of the molecule is CCC(CC)CNS(=O)(=O)c1c(C)cc(OC)cc1C. The Morgan fingerprint density at radius 3 is 2.05 bits per heavy atom. The Morgan fingerprint density at radius 1 is 1.15 bits per heavy atom. The van der Waals surface area contributed by atoms with Crippen LogP contribution in [0.1, 0.15) is 37.8 Å². The van der Waals surface area contributed by atoms with Gasteiger partial charge in [-0.25, -0.2) is 13.1 Å². The van der Waals surface area contributed by atoms with Gasteiger partial charge in [-0.15, -0.1) is 0 Å². The van der Waals surface area contributed by atoms with E-state index in [1.54, 1.807) is 33.1 Å². The summed E-state index contributed by atoms with van der Waals surface area (Å²) in [6.07, 6.45) is 1.94. The number of rotatable bonds is 7. The lowest BCUT2D eigenvalue weighted by Gasteiger charge is -2.16. The van der Waals surface area contributed by atoms with Crippen molar-refractivity contribution in [3.63, 3.8) is 0 Å². The molecule has 0 atom stereocenters. The van der Waals surface area contributed by atoms with E-state index < -0.39 is 10.0 Å². The standard InChI is InChI=1S/C15H25NO3S/c1-6-13(7-2)10-16-20(17,18)15-11(3)8-14(19-5)9-12(15)4/h8-9,13,16H,6-7,10H2,1-5H3. The summed E-state index contributed by atoms with van der Waals surface area (Å²) in [5.41, 5.74) is 1.41. The summed E-state index contributed by atoms with van der Waals surface area (Å²) >= 11 is 0. The third-order valence-electron chi connectivity index (χ3n) is 3.66. The zero-order valence-corrected chi connectivity index (χ0v) is 13.8. The first-order valence-electron chi connectivity index (χ1n) is 7.00. The summed E-state index contributed by atoms with van der Waals surface area (Å²) in [5, 5.41) is 0. The van der Waals surface area contributed by atoms with Crippen LogP contribution in [-0.4, -0.2) is 22.1 Å². The van der Waals surface area contributed by atoms with Crippen LogP contribution in [0.2, 0.25) is 0 Å². The number of benzene rings is 1. The summed E-state index contributed by atoms with van der Waals surface area (Å²) < 4.78 is 32.8. The Bertz CT molecular complexity index is 525. The van der Waals surface area contributed by atoms with Crippen molar-refractivity contribution < 1.29 is 13.2 Å². The molecule has 0 spiro atoms. The lowest BCUT2D eigenvalue weighted by molar-refractivity contribution is 0.413. The molecule has 0 saturated heterocycles. The van der Waals surface area contributed by atoms with Crippen LogP contribution in [0.15, 0.2) is 17.0 Å². The summed E-state index contributed by atoms with van der Waals surface area (Å²) in [6, 6.07) is 3.50. The van der Waals surface area contributed by atoms with E-state index in [1.807, 2.05) is 0 Å². The van der Waals surface area contributed by atoms with Crippen LogP contribution < -0.4 is 9.46 Å². The maximum atomic E-state index is 12.5. The zero-order valence-electron chi connectivity index (χ0n) is 13.0. The Kier molecular flexibility index (Phi) is 6.02. The minimum atomic E-state index is -3.47. The van der Waals surface area contributed by atoms with E-state index in [-0.39, 0.29) is 0 Å².